The molecule has 1 aliphatic rings. The molecule has 0 amide bonds. The molecule has 30 heavy (non-hydrogen) atoms. The lowest BCUT2D eigenvalue weighted by Crippen LogP contribution is -2.40. The van der Waals surface area contributed by atoms with Crippen LogP contribution >= 0.6 is 11.8 Å². The molecule has 0 N–H and O–H groups in total. The van der Waals surface area contributed by atoms with E-state index in [0.717, 1.165) is 28.7 Å². The molecule has 0 unspecified atom stereocenters. The van der Waals surface area contributed by atoms with Gasteiger partial charge in [-0.2, -0.15) is 4.31 Å². The average molecular weight is 448 g/mol. The zero-order chi connectivity index (χ0) is 21.0. The van der Waals surface area contributed by atoms with E-state index in [0.29, 0.717) is 38.4 Å². The second-order valence-electron chi connectivity index (χ2n) is 6.82. The fourth-order valence-corrected chi connectivity index (χ4v) is 5.73. The maximum absolute atomic E-state index is 13.0. The molecule has 0 bridgehead atoms. The van der Waals surface area contributed by atoms with E-state index in [-0.39, 0.29) is 4.90 Å². The van der Waals surface area contributed by atoms with Gasteiger partial charge in [-0.3, -0.25) is 0 Å². The maximum Gasteiger partial charge on any atom is 0.243 e. The first-order valence-corrected chi connectivity index (χ1v) is 12.4. The summed E-state index contributed by atoms with van der Waals surface area (Å²) in [6.45, 7) is 5.00. The fraction of sp³-hybridized carbons (Fsp3) is 0.381. The van der Waals surface area contributed by atoms with Crippen molar-refractivity contribution in [3.05, 3.63) is 48.5 Å². The van der Waals surface area contributed by atoms with Crippen LogP contribution in [0.5, 0.6) is 5.75 Å². The lowest BCUT2D eigenvalue weighted by Gasteiger charge is -2.26. The Balaban J connectivity index is 1.50. The first kappa shape index (κ1) is 21.2. The van der Waals surface area contributed by atoms with Crippen LogP contribution in [0.25, 0.3) is 11.0 Å². The minimum absolute atomic E-state index is 0.279. The molecular weight excluding hydrogens is 422 g/mol. The normalized spacial score (nSPS) is 15.5. The van der Waals surface area contributed by atoms with Crippen molar-refractivity contribution >= 4 is 32.8 Å². The van der Waals surface area contributed by atoms with E-state index in [2.05, 4.69) is 11.5 Å². The lowest BCUT2D eigenvalue weighted by atomic mass is 10.3. The molecule has 7 nitrogen and oxygen atoms in total. The van der Waals surface area contributed by atoms with E-state index in [4.69, 9.17) is 14.5 Å². The molecule has 1 saturated heterocycles. The van der Waals surface area contributed by atoms with Crippen molar-refractivity contribution in [3.8, 4) is 5.75 Å². The molecule has 3 aromatic rings. The highest BCUT2D eigenvalue weighted by Crippen LogP contribution is 2.27. The van der Waals surface area contributed by atoms with Gasteiger partial charge in [0.05, 0.1) is 35.7 Å². The van der Waals surface area contributed by atoms with Crippen LogP contribution in [-0.4, -0.2) is 60.9 Å². The highest BCUT2D eigenvalue weighted by atomic mass is 32.2. The number of nitrogens with zero attached hydrogens (tertiary/aromatic N) is 3. The second kappa shape index (κ2) is 9.38. The summed E-state index contributed by atoms with van der Waals surface area (Å²) in [6.07, 6.45) is 0. The summed E-state index contributed by atoms with van der Waals surface area (Å²) in [5.41, 5.74) is 1.63. The first-order valence-electron chi connectivity index (χ1n) is 9.98. The summed E-state index contributed by atoms with van der Waals surface area (Å²) in [5, 5.41) is 0.866. The smallest absolute Gasteiger partial charge is 0.243 e. The third kappa shape index (κ3) is 4.49. The molecular formula is C21H25N3O4S2. The van der Waals surface area contributed by atoms with Gasteiger partial charge in [-0.1, -0.05) is 30.0 Å². The Labute approximate surface area is 181 Å². The molecule has 1 aliphatic heterocycles. The summed E-state index contributed by atoms with van der Waals surface area (Å²) >= 11 is 1.61. The molecule has 0 saturated carbocycles. The van der Waals surface area contributed by atoms with E-state index in [1.807, 2.05) is 36.4 Å². The number of aryl methyl sites for hydroxylation is 1. The Morgan fingerprint density at radius 1 is 1.13 bits per heavy atom. The molecule has 160 valence electrons. The number of hydrogen-bond acceptors (Lipinski definition) is 6. The minimum Gasteiger partial charge on any atom is -0.493 e. The second-order valence-corrected chi connectivity index (χ2v) is 9.82. The number of aromatic nitrogens is 2. The molecule has 1 fully saturated rings. The van der Waals surface area contributed by atoms with Crippen LogP contribution in [0.1, 0.15) is 6.92 Å². The number of imidazole rings is 1. The van der Waals surface area contributed by atoms with Crippen molar-refractivity contribution in [1.82, 2.24) is 13.9 Å². The standard InChI is InChI=1S/C21H25N3O4S2/c1-2-24-20-9-8-18(30(25,26)23-10-12-27-13-11-23)16-19(20)22-21(24)29-15-14-28-17-6-4-3-5-7-17/h3-9,16H,2,10-15H2,1H3. The predicted molar refractivity (Wildman–Crippen MR) is 118 cm³/mol. The van der Waals surface area contributed by atoms with Gasteiger partial charge in [-0.25, -0.2) is 13.4 Å². The third-order valence-electron chi connectivity index (χ3n) is 4.94. The van der Waals surface area contributed by atoms with Gasteiger partial charge in [-0.15, -0.1) is 0 Å². The van der Waals surface area contributed by atoms with Gasteiger partial charge in [0.2, 0.25) is 10.0 Å². The fourth-order valence-electron chi connectivity index (χ4n) is 3.41. The van der Waals surface area contributed by atoms with Crippen molar-refractivity contribution in [3.63, 3.8) is 0 Å². The highest BCUT2D eigenvalue weighted by Gasteiger charge is 2.27. The molecule has 2 aromatic carbocycles. The van der Waals surface area contributed by atoms with Crippen molar-refractivity contribution in [2.24, 2.45) is 0 Å². The molecule has 9 heteroatoms. The van der Waals surface area contributed by atoms with Gasteiger partial charge in [0.25, 0.3) is 0 Å². The summed E-state index contributed by atoms with van der Waals surface area (Å²) in [7, 11) is -3.54. The molecule has 1 aromatic heterocycles. The molecule has 4 rings (SSSR count). The first-order chi connectivity index (χ1) is 14.6. The van der Waals surface area contributed by atoms with Crippen molar-refractivity contribution in [2.45, 2.75) is 23.5 Å². The van der Waals surface area contributed by atoms with E-state index in [1.54, 1.807) is 23.9 Å². The van der Waals surface area contributed by atoms with Crippen LogP contribution in [0.15, 0.2) is 58.6 Å². The zero-order valence-electron chi connectivity index (χ0n) is 16.9. The predicted octanol–water partition coefficient (Wildman–Crippen LogP) is 3.25. The number of benzene rings is 2. The Bertz CT molecular complexity index is 1090. The van der Waals surface area contributed by atoms with Crippen LogP contribution in [0, 0.1) is 0 Å². The Kier molecular flexibility index (Phi) is 6.62. The van der Waals surface area contributed by atoms with Crippen LogP contribution in [0.4, 0.5) is 0 Å². The Hall–Kier alpha value is -2.07. The van der Waals surface area contributed by atoms with Gasteiger partial charge in [0, 0.05) is 25.4 Å². The zero-order valence-corrected chi connectivity index (χ0v) is 18.5. The number of rotatable bonds is 8. The molecule has 0 atom stereocenters. The van der Waals surface area contributed by atoms with Gasteiger partial charge >= 0.3 is 0 Å². The van der Waals surface area contributed by atoms with Crippen LogP contribution < -0.4 is 4.74 Å². The number of hydrogen-bond donors (Lipinski definition) is 0. The molecule has 0 aliphatic carbocycles. The van der Waals surface area contributed by atoms with E-state index >= 15 is 0 Å². The topological polar surface area (TPSA) is 73.7 Å². The number of para-hydroxylation sites is 1. The van der Waals surface area contributed by atoms with Gasteiger partial charge in [0.15, 0.2) is 5.16 Å². The van der Waals surface area contributed by atoms with Gasteiger partial charge in [0.1, 0.15) is 5.75 Å². The monoisotopic (exact) mass is 447 g/mol. The summed E-state index contributed by atoms with van der Waals surface area (Å²) in [5.74, 6) is 1.59. The summed E-state index contributed by atoms with van der Waals surface area (Å²) in [6, 6.07) is 14.9. The van der Waals surface area contributed by atoms with Crippen LogP contribution in [0.2, 0.25) is 0 Å². The number of thioether (sulfide) groups is 1. The molecule has 2 heterocycles. The largest absolute Gasteiger partial charge is 0.493 e. The summed E-state index contributed by atoms with van der Waals surface area (Å²) in [4.78, 5) is 4.99. The number of ether oxygens (including phenoxy) is 2. The number of morpholine rings is 1. The van der Waals surface area contributed by atoms with Gasteiger partial charge in [-0.05, 0) is 37.3 Å². The van der Waals surface area contributed by atoms with Crippen molar-refractivity contribution in [1.29, 1.82) is 0 Å². The maximum atomic E-state index is 13.0. The van der Waals surface area contributed by atoms with E-state index in [1.165, 1.54) is 4.31 Å². The quantitative estimate of drug-likeness (QED) is 0.390. The Morgan fingerprint density at radius 2 is 1.90 bits per heavy atom. The highest BCUT2D eigenvalue weighted by molar-refractivity contribution is 7.99. The van der Waals surface area contributed by atoms with Crippen molar-refractivity contribution < 1.29 is 17.9 Å². The van der Waals surface area contributed by atoms with Gasteiger partial charge < -0.3 is 14.0 Å². The molecule has 0 spiro atoms. The number of sulfonamides is 1. The third-order valence-corrected chi connectivity index (χ3v) is 7.77. The Morgan fingerprint density at radius 3 is 2.63 bits per heavy atom. The van der Waals surface area contributed by atoms with E-state index in [9.17, 15) is 8.42 Å². The average Bonchev–Trinajstić information content (AvgIpc) is 3.14. The van der Waals surface area contributed by atoms with Crippen LogP contribution in [-0.2, 0) is 21.3 Å². The molecule has 0 radical (unpaired) electrons. The number of fused-ring (bicyclic) bond motifs is 1. The SMILES string of the molecule is CCn1c(SCCOc2ccccc2)nc2cc(S(=O)(=O)N3CCOCC3)ccc21. The van der Waals surface area contributed by atoms with E-state index < -0.39 is 10.0 Å². The lowest BCUT2D eigenvalue weighted by molar-refractivity contribution is 0.0730. The summed E-state index contributed by atoms with van der Waals surface area (Å²) < 4.78 is 40.5. The van der Waals surface area contributed by atoms with Crippen molar-refractivity contribution in [2.75, 3.05) is 38.7 Å². The minimum atomic E-state index is -3.54. The van der Waals surface area contributed by atoms with Crippen LogP contribution in [0.3, 0.4) is 0 Å².